The fourth-order valence-corrected chi connectivity index (χ4v) is 4.52. The zero-order valence-electron chi connectivity index (χ0n) is 16.8. The number of likely N-dealkylation sites (N-methyl/N-ethyl adjacent to an activating group) is 1. The summed E-state index contributed by atoms with van der Waals surface area (Å²) in [6.07, 6.45) is 1.03. The van der Waals surface area contributed by atoms with Crippen LogP contribution < -0.4 is 9.62 Å². The molecule has 0 saturated carbocycles. The van der Waals surface area contributed by atoms with Crippen molar-refractivity contribution in [2.24, 2.45) is 0 Å². The summed E-state index contributed by atoms with van der Waals surface area (Å²) >= 11 is 9.57. The monoisotopic (exact) mass is 515 g/mol. The minimum Gasteiger partial charge on any atom is -0.357 e. The summed E-state index contributed by atoms with van der Waals surface area (Å²) in [6, 6.07) is 12.8. The second kappa shape index (κ2) is 10.3. The lowest BCUT2D eigenvalue weighted by atomic mass is 10.1. The molecular formula is C20H23BrClN3O4S. The van der Waals surface area contributed by atoms with Crippen molar-refractivity contribution in [3.05, 3.63) is 63.6 Å². The fourth-order valence-electron chi connectivity index (χ4n) is 2.85. The lowest BCUT2D eigenvalue weighted by Crippen LogP contribution is -2.50. The predicted molar refractivity (Wildman–Crippen MR) is 122 cm³/mol. The van der Waals surface area contributed by atoms with Gasteiger partial charge in [-0.3, -0.25) is 13.9 Å². The second-order valence-corrected chi connectivity index (χ2v) is 9.79. The number of para-hydroxylation sites is 1. The van der Waals surface area contributed by atoms with Gasteiger partial charge in [-0.05, 0) is 46.6 Å². The molecule has 0 aliphatic heterocycles. The van der Waals surface area contributed by atoms with Crippen LogP contribution >= 0.6 is 27.5 Å². The SMILES string of the molecule is CNC(=O)C(C)N(Cc1ccccc1Cl)C(=O)CN(c1ccccc1Br)S(C)(=O)=O. The average molecular weight is 517 g/mol. The third-order valence-electron chi connectivity index (χ3n) is 4.51. The van der Waals surface area contributed by atoms with E-state index in [0.717, 1.165) is 10.6 Å². The quantitative estimate of drug-likeness (QED) is 0.584. The number of rotatable bonds is 8. The van der Waals surface area contributed by atoms with E-state index in [9.17, 15) is 18.0 Å². The van der Waals surface area contributed by atoms with Gasteiger partial charge in [-0.25, -0.2) is 8.42 Å². The molecule has 0 fully saturated rings. The van der Waals surface area contributed by atoms with Crippen LogP contribution in [0.4, 0.5) is 5.69 Å². The van der Waals surface area contributed by atoms with Gasteiger partial charge in [-0.15, -0.1) is 0 Å². The summed E-state index contributed by atoms with van der Waals surface area (Å²) in [6.45, 7) is 1.17. The number of carbonyl (C=O) groups excluding carboxylic acids is 2. The largest absolute Gasteiger partial charge is 0.357 e. The maximum atomic E-state index is 13.2. The van der Waals surface area contributed by atoms with Crippen molar-refractivity contribution in [1.82, 2.24) is 10.2 Å². The first-order valence-corrected chi connectivity index (χ1v) is 12.0. The van der Waals surface area contributed by atoms with E-state index in [2.05, 4.69) is 21.2 Å². The number of halogens is 2. The molecule has 0 aliphatic rings. The molecule has 0 aliphatic carbocycles. The highest BCUT2D eigenvalue weighted by atomic mass is 79.9. The van der Waals surface area contributed by atoms with E-state index in [0.29, 0.717) is 20.7 Å². The number of nitrogens with one attached hydrogen (secondary N) is 1. The first-order valence-electron chi connectivity index (χ1n) is 9.03. The Balaban J connectivity index is 2.41. The summed E-state index contributed by atoms with van der Waals surface area (Å²) in [5.41, 5.74) is 0.980. The Hall–Kier alpha value is -2.10. The van der Waals surface area contributed by atoms with Crippen LogP contribution in [0.5, 0.6) is 0 Å². The van der Waals surface area contributed by atoms with Gasteiger partial charge in [0.05, 0.1) is 11.9 Å². The molecule has 1 atom stereocenters. The summed E-state index contributed by atoms with van der Waals surface area (Å²) in [7, 11) is -2.30. The number of nitrogens with zero attached hydrogens (tertiary/aromatic N) is 2. The molecule has 0 bridgehead atoms. The lowest BCUT2D eigenvalue weighted by molar-refractivity contribution is -0.139. The molecule has 0 saturated heterocycles. The van der Waals surface area contributed by atoms with Crippen LogP contribution in [0.25, 0.3) is 0 Å². The summed E-state index contributed by atoms with van der Waals surface area (Å²) in [5, 5.41) is 2.97. The molecule has 1 unspecified atom stereocenters. The summed E-state index contributed by atoms with van der Waals surface area (Å²) < 4.78 is 26.4. The first kappa shape index (κ1) is 24.2. The second-order valence-electron chi connectivity index (χ2n) is 6.62. The van der Waals surface area contributed by atoms with Crippen LogP contribution in [0.1, 0.15) is 12.5 Å². The molecule has 0 radical (unpaired) electrons. The van der Waals surface area contributed by atoms with Gasteiger partial charge in [-0.1, -0.05) is 41.9 Å². The highest BCUT2D eigenvalue weighted by Gasteiger charge is 2.30. The van der Waals surface area contributed by atoms with Crippen molar-refractivity contribution in [2.75, 3.05) is 24.2 Å². The lowest BCUT2D eigenvalue weighted by Gasteiger charge is -2.31. The molecule has 0 spiro atoms. The van der Waals surface area contributed by atoms with Crippen molar-refractivity contribution in [2.45, 2.75) is 19.5 Å². The third-order valence-corrected chi connectivity index (χ3v) is 6.68. The van der Waals surface area contributed by atoms with Crippen LogP contribution in [-0.4, -0.2) is 51.0 Å². The Morgan fingerprint density at radius 1 is 1.13 bits per heavy atom. The van der Waals surface area contributed by atoms with E-state index in [1.165, 1.54) is 11.9 Å². The van der Waals surface area contributed by atoms with Crippen molar-refractivity contribution >= 4 is 55.1 Å². The van der Waals surface area contributed by atoms with Crippen molar-refractivity contribution < 1.29 is 18.0 Å². The number of hydrogen-bond acceptors (Lipinski definition) is 4. The van der Waals surface area contributed by atoms with Gasteiger partial charge in [0.25, 0.3) is 0 Å². The molecule has 2 amide bonds. The zero-order chi connectivity index (χ0) is 22.5. The topological polar surface area (TPSA) is 86.8 Å². The number of hydrogen-bond donors (Lipinski definition) is 1. The molecular weight excluding hydrogens is 494 g/mol. The fraction of sp³-hybridized carbons (Fsp3) is 0.300. The van der Waals surface area contributed by atoms with Gasteiger partial charge in [0.1, 0.15) is 12.6 Å². The van der Waals surface area contributed by atoms with E-state index >= 15 is 0 Å². The number of benzene rings is 2. The molecule has 0 heterocycles. The molecule has 162 valence electrons. The highest BCUT2D eigenvalue weighted by molar-refractivity contribution is 9.10. The van der Waals surface area contributed by atoms with Gasteiger partial charge in [0, 0.05) is 23.1 Å². The van der Waals surface area contributed by atoms with Crippen LogP contribution in [0.15, 0.2) is 53.0 Å². The molecule has 10 heteroatoms. The van der Waals surface area contributed by atoms with Crippen LogP contribution in [0.3, 0.4) is 0 Å². The Morgan fingerprint density at radius 2 is 1.73 bits per heavy atom. The smallest absolute Gasteiger partial charge is 0.244 e. The van der Waals surface area contributed by atoms with Gasteiger partial charge >= 0.3 is 0 Å². The van der Waals surface area contributed by atoms with Gasteiger partial charge in [0.2, 0.25) is 21.8 Å². The standard InChI is InChI=1S/C20H23BrClN3O4S/c1-14(20(27)23-2)24(12-15-8-4-6-10-17(15)22)19(26)13-25(30(3,28)29)18-11-7-5-9-16(18)21/h4-11,14H,12-13H2,1-3H3,(H,23,27). The van der Waals surface area contributed by atoms with Crippen LogP contribution in [0.2, 0.25) is 5.02 Å². The van der Waals surface area contributed by atoms with Gasteiger partial charge < -0.3 is 10.2 Å². The molecule has 2 aromatic carbocycles. The van der Waals surface area contributed by atoms with Crippen molar-refractivity contribution in [3.8, 4) is 0 Å². The molecule has 30 heavy (non-hydrogen) atoms. The molecule has 1 N–H and O–H groups in total. The van der Waals surface area contributed by atoms with Crippen molar-refractivity contribution in [3.63, 3.8) is 0 Å². The Bertz CT molecular complexity index is 1030. The predicted octanol–water partition coefficient (Wildman–Crippen LogP) is 3.03. The zero-order valence-corrected chi connectivity index (χ0v) is 20.0. The minimum absolute atomic E-state index is 0.0562. The maximum absolute atomic E-state index is 13.2. The normalized spacial score (nSPS) is 12.2. The minimum atomic E-state index is -3.77. The van der Waals surface area contributed by atoms with Gasteiger partial charge in [0.15, 0.2) is 0 Å². The number of carbonyl (C=O) groups is 2. The highest BCUT2D eigenvalue weighted by Crippen LogP contribution is 2.28. The first-order chi connectivity index (χ1) is 14.1. The van der Waals surface area contributed by atoms with Crippen LogP contribution in [-0.2, 0) is 26.2 Å². The third kappa shape index (κ3) is 5.96. The van der Waals surface area contributed by atoms with E-state index in [4.69, 9.17) is 11.6 Å². The van der Waals surface area contributed by atoms with E-state index < -0.39 is 28.5 Å². The maximum Gasteiger partial charge on any atom is 0.244 e. The molecule has 2 rings (SSSR count). The Morgan fingerprint density at radius 3 is 2.30 bits per heavy atom. The van der Waals surface area contributed by atoms with Crippen molar-refractivity contribution in [1.29, 1.82) is 0 Å². The average Bonchev–Trinajstić information content (AvgIpc) is 2.70. The molecule has 2 aromatic rings. The summed E-state index contributed by atoms with van der Waals surface area (Å²) in [5.74, 6) is -0.908. The molecule has 7 nitrogen and oxygen atoms in total. The Kier molecular flexibility index (Phi) is 8.28. The van der Waals surface area contributed by atoms with Crippen LogP contribution in [0, 0.1) is 0 Å². The summed E-state index contributed by atoms with van der Waals surface area (Å²) in [4.78, 5) is 26.8. The number of anilines is 1. The number of amides is 2. The molecule has 0 aromatic heterocycles. The van der Waals surface area contributed by atoms with E-state index in [1.54, 1.807) is 55.5 Å². The van der Waals surface area contributed by atoms with E-state index in [-0.39, 0.29) is 12.5 Å². The Labute approximate surface area is 190 Å². The van der Waals surface area contributed by atoms with Gasteiger partial charge in [-0.2, -0.15) is 0 Å². The van der Waals surface area contributed by atoms with E-state index in [1.807, 2.05) is 0 Å². The number of sulfonamides is 1.